The molecule has 6 nitrogen and oxygen atoms in total. The molecule has 0 aromatic carbocycles. The Hall–Kier alpha value is -1.30. The van der Waals surface area contributed by atoms with Gasteiger partial charge in [0.05, 0.1) is 6.04 Å². The molecular formula is C14H26N2O4. The molecule has 0 spiro atoms. The highest BCUT2D eigenvalue weighted by Crippen LogP contribution is 2.17. The summed E-state index contributed by atoms with van der Waals surface area (Å²) in [6.07, 6.45) is 2.05. The van der Waals surface area contributed by atoms with E-state index in [9.17, 15) is 9.59 Å². The van der Waals surface area contributed by atoms with Gasteiger partial charge in [0.2, 0.25) is 0 Å². The molecule has 1 aliphatic rings. The quantitative estimate of drug-likeness (QED) is 0.719. The standard InChI is InChI=1S/C14H26N2O4/c1-10(2)6-8-19-11(3)13(17)20-9-12-5-4-7-16(12)14(15)18/h10-12H,4-9H2,1-3H3,(H2,15,18). The van der Waals surface area contributed by atoms with Gasteiger partial charge in [0.25, 0.3) is 0 Å². The predicted molar refractivity (Wildman–Crippen MR) is 75.1 cm³/mol. The van der Waals surface area contributed by atoms with Gasteiger partial charge in [0.1, 0.15) is 6.61 Å². The van der Waals surface area contributed by atoms with Crippen LogP contribution in [0.4, 0.5) is 4.79 Å². The molecule has 0 aromatic rings. The van der Waals surface area contributed by atoms with Crippen LogP contribution in [0, 0.1) is 5.92 Å². The van der Waals surface area contributed by atoms with Crippen molar-refractivity contribution in [2.45, 2.75) is 52.2 Å². The fraction of sp³-hybridized carbons (Fsp3) is 0.857. The summed E-state index contributed by atoms with van der Waals surface area (Å²) in [5.74, 6) is 0.158. The van der Waals surface area contributed by atoms with Crippen LogP contribution in [0.2, 0.25) is 0 Å². The van der Waals surface area contributed by atoms with Gasteiger partial charge in [-0.2, -0.15) is 0 Å². The molecule has 2 atom stereocenters. The molecule has 0 aliphatic carbocycles. The number of nitrogens with two attached hydrogens (primary N) is 1. The third-order valence-corrected chi connectivity index (χ3v) is 3.47. The van der Waals surface area contributed by atoms with Gasteiger partial charge in [-0.05, 0) is 32.1 Å². The Kier molecular flexibility index (Phi) is 6.78. The van der Waals surface area contributed by atoms with Crippen LogP contribution in [0.5, 0.6) is 0 Å². The Labute approximate surface area is 120 Å². The van der Waals surface area contributed by atoms with Crippen molar-refractivity contribution >= 4 is 12.0 Å². The molecule has 2 N–H and O–H groups in total. The summed E-state index contributed by atoms with van der Waals surface area (Å²) in [7, 11) is 0. The highest BCUT2D eigenvalue weighted by Gasteiger charge is 2.29. The van der Waals surface area contributed by atoms with E-state index in [-0.39, 0.29) is 18.6 Å². The zero-order valence-corrected chi connectivity index (χ0v) is 12.6. The lowest BCUT2D eigenvalue weighted by atomic mass is 10.1. The molecule has 20 heavy (non-hydrogen) atoms. The molecule has 2 amide bonds. The number of urea groups is 1. The highest BCUT2D eigenvalue weighted by atomic mass is 16.6. The molecule has 6 heteroatoms. The second-order valence-electron chi connectivity index (χ2n) is 5.65. The van der Waals surface area contributed by atoms with Gasteiger partial charge in [-0.3, -0.25) is 0 Å². The molecule has 0 bridgehead atoms. The number of hydrogen-bond donors (Lipinski definition) is 1. The van der Waals surface area contributed by atoms with Gasteiger partial charge < -0.3 is 20.1 Å². The number of rotatable bonds is 7. The summed E-state index contributed by atoms with van der Waals surface area (Å²) >= 11 is 0. The van der Waals surface area contributed by atoms with E-state index < -0.39 is 12.1 Å². The summed E-state index contributed by atoms with van der Waals surface area (Å²) in [5, 5.41) is 0. The number of hydrogen-bond acceptors (Lipinski definition) is 4. The molecular weight excluding hydrogens is 260 g/mol. The lowest BCUT2D eigenvalue weighted by Gasteiger charge is -2.23. The largest absolute Gasteiger partial charge is 0.462 e. The molecule has 1 rings (SSSR count). The summed E-state index contributed by atoms with van der Waals surface area (Å²) in [6.45, 7) is 7.27. The molecule has 0 saturated carbocycles. The van der Waals surface area contributed by atoms with Crippen LogP contribution in [-0.2, 0) is 14.3 Å². The highest BCUT2D eigenvalue weighted by molar-refractivity contribution is 5.74. The molecule has 1 fully saturated rings. The summed E-state index contributed by atoms with van der Waals surface area (Å²) in [6, 6.07) is -0.552. The van der Waals surface area contributed by atoms with E-state index in [1.165, 1.54) is 0 Å². The average molecular weight is 286 g/mol. The van der Waals surface area contributed by atoms with Crippen LogP contribution in [0.15, 0.2) is 0 Å². The lowest BCUT2D eigenvalue weighted by molar-refractivity contribution is -0.157. The van der Waals surface area contributed by atoms with Gasteiger partial charge in [0.15, 0.2) is 6.10 Å². The van der Waals surface area contributed by atoms with E-state index in [4.69, 9.17) is 15.2 Å². The van der Waals surface area contributed by atoms with E-state index >= 15 is 0 Å². The molecule has 2 unspecified atom stereocenters. The van der Waals surface area contributed by atoms with Crippen LogP contribution in [0.25, 0.3) is 0 Å². The van der Waals surface area contributed by atoms with Crippen molar-refractivity contribution in [3.8, 4) is 0 Å². The Morgan fingerprint density at radius 2 is 2.05 bits per heavy atom. The number of esters is 1. The number of primary amides is 1. The topological polar surface area (TPSA) is 81.9 Å². The zero-order valence-electron chi connectivity index (χ0n) is 12.6. The van der Waals surface area contributed by atoms with E-state index in [2.05, 4.69) is 13.8 Å². The normalized spacial score (nSPS) is 20.2. The maximum absolute atomic E-state index is 11.8. The van der Waals surface area contributed by atoms with Crippen LogP contribution in [0.3, 0.4) is 0 Å². The third kappa shape index (κ3) is 5.36. The second kappa shape index (κ2) is 8.09. The van der Waals surface area contributed by atoms with Gasteiger partial charge in [0, 0.05) is 13.2 Å². The number of ether oxygens (including phenoxy) is 2. The fourth-order valence-corrected chi connectivity index (χ4v) is 2.14. The minimum Gasteiger partial charge on any atom is -0.462 e. The van der Waals surface area contributed by atoms with E-state index in [0.29, 0.717) is 19.1 Å². The Balaban J connectivity index is 2.26. The van der Waals surface area contributed by atoms with Gasteiger partial charge in [-0.1, -0.05) is 13.8 Å². The van der Waals surface area contributed by atoms with Gasteiger partial charge >= 0.3 is 12.0 Å². The van der Waals surface area contributed by atoms with Crippen molar-refractivity contribution in [3.05, 3.63) is 0 Å². The summed E-state index contributed by atoms with van der Waals surface area (Å²) in [5.41, 5.74) is 5.27. The van der Waals surface area contributed by atoms with Crippen LogP contribution in [0.1, 0.15) is 40.0 Å². The first kappa shape index (κ1) is 16.8. The summed E-state index contributed by atoms with van der Waals surface area (Å²) in [4.78, 5) is 24.5. The zero-order chi connectivity index (χ0) is 15.1. The monoisotopic (exact) mass is 286 g/mol. The minimum atomic E-state index is -0.572. The van der Waals surface area contributed by atoms with Crippen LogP contribution >= 0.6 is 0 Å². The number of likely N-dealkylation sites (tertiary alicyclic amines) is 1. The number of carbonyl (C=O) groups excluding carboxylic acids is 2. The minimum absolute atomic E-state index is 0.0979. The second-order valence-corrected chi connectivity index (χ2v) is 5.65. The Bertz CT molecular complexity index is 333. The predicted octanol–water partition coefficient (Wildman–Crippen LogP) is 1.52. The number of nitrogens with zero attached hydrogens (tertiary/aromatic N) is 1. The lowest BCUT2D eigenvalue weighted by Crippen LogP contribution is -2.42. The first-order valence-electron chi connectivity index (χ1n) is 7.26. The molecule has 116 valence electrons. The maximum Gasteiger partial charge on any atom is 0.335 e. The van der Waals surface area contributed by atoms with Crippen LogP contribution < -0.4 is 5.73 Å². The molecule has 0 radical (unpaired) electrons. The van der Waals surface area contributed by atoms with Crippen molar-refractivity contribution in [1.82, 2.24) is 4.90 Å². The third-order valence-electron chi connectivity index (χ3n) is 3.47. The van der Waals surface area contributed by atoms with Crippen molar-refractivity contribution in [3.63, 3.8) is 0 Å². The molecule has 1 aliphatic heterocycles. The SMILES string of the molecule is CC(C)CCOC(C)C(=O)OCC1CCCN1C(N)=O. The molecule has 1 saturated heterocycles. The van der Waals surface area contributed by atoms with E-state index in [1.54, 1.807) is 11.8 Å². The van der Waals surface area contributed by atoms with Crippen molar-refractivity contribution in [2.24, 2.45) is 11.7 Å². The Morgan fingerprint density at radius 1 is 1.35 bits per heavy atom. The first-order chi connectivity index (χ1) is 9.41. The van der Waals surface area contributed by atoms with Gasteiger partial charge in [-0.25, -0.2) is 9.59 Å². The van der Waals surface area contributed by atoms with Crippen molar-refractivity contribution in [2.75, 3.05) is 19.8 Å². The fourth-order valence-electron chi connectivity index (χ4n) is 2.14. The van der Waals surface area contributed by atoms with E-state index in [0.717, 1.165) is 19.3 Å². The Morgan fingerprint density at radius 3 is 2.65 bits per heavy atom. The van der Waals surface area contributed by atoms with Gasteiger partial charge in [-0.15, -0.1) is 0 Å². The maximum atomic E-state index is 11.8. The van der Waals surface area contributed by atoms with Crippen LogP contribution in [-0.4, -0.2) is 48.8 Å². The van der Waals surface area contributed by atoms with E-state index in [1.807, 2.05) is 0 Å². The number of amides is 2. The number of carbonyl (C=O) groups is 2. The van der Waals surface area contributed by atoms with Crippen molar-refractivity contribution in [1.29, 1.82) is 0 Å². The molecule has 0 aromatic heterocycles. The average Bonchev–Trinajstić information content (AvgIpc) is 2.83. The summed E-state index contributed by atoms with van der Waals surface area (Å²) < 4.78 is 10.6. The first-order valence-corrected chi connectivity index (χ1v) is 7.26. The van der Waals surface area contributed by atoms with Crippen molar-refractivity contribution < 1.29 is 19.1 Å². The molecule has 1 heterocycles. The smallest absolute Gasteiger partial charge is 0.335 e.